The van der Waals surface area contributed by atoms with Crippen molar-refractivity contribution in [2.75, 3.05) is 34.0 Å². The average Bonchev–Trinajstić information content (AvgIpc) is 2.91. The lowest BCUT2D eigenvalue weighted by atomic mass is 9.72. The monoisotopic (exact) mass is 263 g/mol. The van der Waals surface area contributed by atoms with E-state index in [0.29, 0.717) is 6.04 Å². The zero-order valence-corrected chi connectivity index (χ0v) is 11.6. The number of ether oxygens (including phenoxy) is 3. The van der Waals surface area contributed by atoms with Gasteiger partial charge in [-0.2, -0.15) is 0 Å². The molecular formula is C15H21NO3. The first kappa shape index (κ1) is 12.8. The summed E-state index contributed by atoms with van der Waals surface area (Å²) in [5, 5.41) is 3.61. The van der Waals surface area contributed by atoms with Crippen molar-refractivity contribution in [2.45, 2.75) is 24.3 Å². The Morgan fingerprint density at radius 3 is 2.53 bits per heavy atom. The second-order valence-electron chi connectivity index (χ2n) is 5.37. The molecule has 4 heteroatoms. The molecule has 0 saturated carbocycles. The summed E-state index contributed by atoms with van der Waals surface area (Å²) in [6.45, 7) is 2.69. The van der Waals surface area contributed by atoms with Gasteiger partial charge in [-0.3, -0.25) is 0 Å². The molecule has 1 N–H and O–H groups in total. The highest BCUT2D eigenvalue weighted by Crippen LogP contribution is 2.42. The summed E-state index contributed by atoms with van der Waals surface area (Å²) in [5.74, 6) is 1.57. The number of nitrogens with one attached hydrogen (secondary N) is 1. The van der Waals surface area contributed by atoms with Crippen molar-refractivity contribution < 1.29 is 14.2 Å². The van der Waals surface area contributed by atoms with Gasteiger partial charge in [-0.15, -0.1) is 0 Å². The Morgan fingerprint density at radius 2 is 2.00 bits per heavy atom. The van der Waals surface area contributed by atoms with Gasteiger partial charge in [0.2, 0.25) is 0 Å². The number of rotatable bonds is 4. The van der Waals surface area contributed by atoms with E-state index in [0.717, 1.165) is 31.3 Å². The van der Waals surface area contributed by atoms with Crippen molar-refractivity contribution in [3.05, 3.63) is 23.8 Å². The second-order valence-corrected chi connectivity index (χ2v) is 5.37. The molecule has 2 aliphatic heterocycles. The van der Waals surface area contributed by atoms with Gasteiger partial charge in [0.1, 0.15) is 0 Å². The largest absolute Gasteiger partial charge is 0.493 e. The number of hydrogen-bond acceptors (Lipinski definition) is 4. The van der Waals surface area contributed by atoms with Crippen molar-refractivity contribution in [3.63, 3.8) is 0 Å². The van der Waals surface area contributed by atoms with E-state index < -0.39 is 0 Å². The third kappa shape index (κ3) is 1.99. The summed E-state index contributed by atoms with van der Waals surface area (Å²) >= 11 is 0. The summed E-state index contributed by atoms with van der Waals surface area (Å²) in [6.07, 6.45) is 2.47. The summed E-state index contributed by atoms with van der Waals surface area (Å²) in [5.41, 5.74) is 1.39. The Balaban J connectivity index is 1.95. The van der Waals surface area contributed by atoms with Crippen molar-refractivity contribution in [2.24, 2.45) is 0 Å². The highest BCUT2D eigenvalue weighted by atomic mass is 16.5. The molecule has 2 fully saturated rings. The summed E-state index contributed by atoms with van der Waals surface area (Å²) in [4.78, 5) is 0. The topological polar surface area (TPSA) is 39.7 Å². The van der Waals surface area contributed by atoms with E-state index in [9.17, 15) is 0 Å². The quantitative estimate of drug-likeness (QED) is 0.898. The molecule has 2 aliphatic rings. The molecule has 19 heavy (non-hydrogen) atoms. The molecule has 104 valence electrons. The minimum absolute atomic E-state index is 0.107. The van der Waals surface area contributed by atoms with Gasteiger partial charge in [0.05, 0.1) is 32.8 Å². The molecule has 1 aromatic rings. The Bertz CT molecular complexity index is 451. The number of hydrogen-bond donors (Lipinski definition) is 1. The van der Waals surface area contributed by atoms with E-state index in [-0.39, 0.29) is 5.41 Å². The van der Waals surface area contributed by atoms with Crippen LogP contribution in [0.1, 0.15) is 18.4 Å². The average molecular weight is 263 g/mol. The predicted octanol–water partition coefficient (Wildman–Crippen LogP) is 1.72. The van der Waals surface area contributed by atoms with Gasteiger partial charge in [0, 0.05) is 6.04 Å². The van der Waals surface area contributed by atoms with Crippen molar-refractivity contribution >= 4 is 0 Å². The lowest BCUT2D eigenvalue weighted by molar-refractivity contribution is -0.0761. The number of methoxy groups -OCH3 is 2. The third-order valence-electron chi connectivity index (χ3n) is 4.41. The van der Waals surface area contributed by atoms with Gasteiger partial charge in [-0.05, 0) is 37.1 Å². The first-order chi connectivity index (χ1) is 9.30. The fourth-order valence-electron chi connectivity index (χ4n) is 3.19. The highest BCUT2D eigenvalue weighted by Gasteiger charge is 2.48. The van der Waals surface area contributed by atoms with E-state index in [2.05, 4.69) is 17.4 Å². The van der Waals surface area contributed by atoms with Gasteiger partial charge in [-0.1, -0.05) is 6.07 Å². The van der Waals surface area contributed by atoms with Crippen LogP contribution in [0.3, 0.4) is 0 Å². The van der Waals surface area contributed by atoms with Crippen molar-refractivity contribution in [3.8, 4) is 11.5 Å². The molecule has 1 aromatic carbocycles. The molecule has 2 heterocycles. The zero-order valence-electron chi connectivity index (χ0n) is 11.6. The summed E-state index contributed by atoms with van der Waals surface area (Å²) in [6, 6.07) is 6.74. The van der Waals surface area contributed by atoms with E-state index in [1.54, 1.807) is 14.2 Å². The highest BCUT2D eigenvalue weighted by molar-refractivity contribution is 5.46. The molecule has 2 saturated heterocycles. The van der Waals surface area contributed by atoms with Crippen LogP contribution in [0, 0.1) is 0 Å². The molecule has 0 spiro atoms. The molecule has 0 radical (unpaired) electrons. The zero-order chi connectivity index (χ0) is 13.3. The molecule has 0 aromatic heterocycles. The molecule has 4 nitrogen and oxygen atoms in total. The fraction of sp³-hybridized carbons (Fsp3) is 0.600. The van der Waals surface area contributed by atoms with Crippen LogP contribution in [0.15, 0.2) is 18.2 Å². The molecule has 0 bridgehead atoms. The Morgan fingerprint density at radius 1 is 1.21 bits per heavy atom. The second kappa shape index (κ2) is 5.02. The maximum Gasteiger partial charge on any atom is 0.161 e. The molecule has 1 atom stereocenters. The standard InChI is InChI=1S/C15H21NO3/c1-17-12-6-5-11(8-13(12)18-2)15(9-19-10-15)14-4-3-7-16-14/h5-6,8,14,16H,3-4,7,9-10H2,1-2H3. The van der Waals surface area contributed by atoms with E-state index in [1.165, 1.54) is 18.4 Å². The number of benzene rings is 1. The van der Waals surface area contributed by atoms with Crippen LogP contribution in [0.5, 0.6) is 11.5 Å². The molecule has 1 unspecified atom stereocenters. The van der Waals surface area contributed by atoms with Crippen LogP contribution >= 0.6 is 0 Å². The smallest absolute Gasteiger partial charge is 0.161 e. The first-order valence-corrected chi connectivity index (χ1v) is 6.84. The minimum atomic E-state index is 0.107. The van der Waals surface area contributed by atoms with Crippen LogP contribution in [0.25, 0.3) is 0 Å². The lowest BCUT2D eigenvalue weighted by Crippen LogP contribution is -2.58. The van der Waals surface area contributed by atoms with Crippen LogP contribution in [0.2, 0.25) is 0 Å². The SMILES string of the molecule is COc1ccc(C2(C3CCCN3)COC2)cc1OC. The fourth-order valence-corrected chi connectivity index (χ4v) is 3.19. The predicted molar refractivity (Wildman–Crippen MR) is 73.1 cm³/mol. The Kier molecular flexibility index (Phi) is 3.37. The summed E-state index contributed by atoms with van der Waals surface area (Å²) < 4.78 is 16.2. The van der Waals surface area contributed by atoms with Crippen LogP contribution in [0.4, 0.5) is 0 Å². The van der Waals surface area contributed by atoms with E-state index in [1.807, 2.05) is 6.07 Å². The Labute approximate surface area is 114 Å². The van der Waals surface area contributed by atoms with Gasteiger partial charge < -0.3 is 19.5 Å². The van der Waals surface area contributed by atoms with Crippen LogP contribution < -0.4 is 14.8 Å². The van der Waals surface area contributed by atoms with Gasteiger partial charge in [0.25, 0.3) is 0 Å². The first-order valence-electron chi connectivity index (χ1n) is 6.84. The molecular weight excluding hydrogens is 242 g/mol. The third-order valence-corrected chi connectivity index (χ3v) is 4.41. The molecule has 0 amide bonds. The van der Waals surface area contributed by atoms with Crippen LogP contribution in [-0.4, -0.2) is 40.0 Å². The van der Waals surface area contributed by atoms with Crippen LogP contribution in [-0.2, 0) is 10.2 Å². The minimum Gasteiger partial charge on any atom is -0.493 e. The maximum absolute atomic E-state index is 5.52. The van der Waals surface area contributed by atoms with Crippen molar-refractivity contribution in [1.82, 2.24) is 5.32 Å². The lowest BCUT2D eigenvalue weighted by Gasteiger charge is -2.46. The maximum atomic E-state index is 5.52. The normalized spacial score (nSPS) is 24.8. The van der Waals surface area contributed by atoms with E-state index in [4.69, 9.17) is 14.2 Å². The Hall–Kier alpha value is -1.26. The summed E-state index contributed by atoms with van der Waals surface area (Å²) in [7, 11) is 3.34. The van der Waals surface area contributed by atoms with E-state index >= 15 is 0 Å². The van der Waals surface area contributed by atoms with Crippen molar-refractivity contribution in [1.29, 1.82) is 0 Å². The van der Waals surface area contributed by atoms with Gasteiger partial charge in [-0.25, -0.2) is 0 Å². The molecule has 3 rings (SSSR count). The van der Waals surface area contributed by atoms with Gasteiger partial charge >= 0.3 is 0 Å². The van der Waals surface area contributed by atoms with Gasteiger partial charge in [0.15, 0.2) is 11.5 Å². The molecule has 0 aliphatic carbocycles.